The van der Waals surface area contributed by atoms with Crippen LogP contribution in [0.4, 0.5) is 0 Å². The minimum absolute atomic E-state index is 0.514. The summed E-state index contributed by atoms with van der Waals surface area (Å²) in [4.78, 5) is 0. The van der Waals surface area contributed by atoms with Gasteiger partial charge in [-0.15, -0.1) is 11.6 Å². The van der Waals surface area contributed by atoms with Gasteiger partial charge in [0.25, 0.3) is 0 Å². The molecule has 1 aromatic carbocycles. The average molecular weight is 376 g/mol. The number of rotatable bonds is 5. The topological polar surface area (TPSA) is 17.8 Å². The molecule has 1 aromatic heterocycles. The molecule has 0 N–H and O–H groups in total. The fourth-order valence-corrected chi connectivity index (χ4v) is 3.41. The number of hydrogen-bond donors (Lipinski definition) is 0. The Morgan fingerprint density at radius 3 is 2.55 bits per heavy atom. The van der Waals surface area contributed by atoms with Gasteiger partial charge in [-0.3, -0.25) is 4.68 Å². The summed E-state index contributed by atoms with van der Waals surface area (Å²) in [7, 11) is 0. The minimum Gasteiger partial charge on any atom is -0.265 e. The molecule has 2 nitrogen and oxygen atoms in total. The van der Waals surface area contributed by atoms with E-state index in [1.165, 1.54) is 11.3 Å². The maximum absolute atomic E-state index is 6.29. The monoisotopic (exact) mass is 374 g/mol. The van der Waals surface area contributed by atoms with Gasteiger partial charge in [0.1, 0.15) is 0 Å². The van der Waals surface area contributed by atoms with Gasteiger partial charge in [-0.2, -0.15) is 5.10 Å². The van der Waals surface area contributed by atoms with Gasteiger partial charge in [-0.1, -0.05) is 47.4 Å². The van der Waals surface area contributed by atoms with Crippen molar-refractivity contribution in [2.24, 2.45) is 0 Å². The van der Waals surface area contributed by atoms with E-state index in [1.54, 1.807) is 0 Å². The molecule has 0 saturated heterocycles. The molecule has 0 spiro atoms. The number of alkyl halides is 1. The first-order valence-corrected chi connectivity index (χ1v) is 8.38. The lowest BCUT2D eigenvalue weighted by Gasteiger charge is -2.09. The summed E-state index contributed by atoms with van der Waals surface area (Å²) in [5, 5.41) is 5.44. The molecule has 0 saturated carbocycles. The van der Waals surface area contributed by atoms with E-state index in [-0.39, 0.29) is 0 Å². The van der Waals surface area contributed by atoms with Crippen LogP contribution in [-0.2, 0) is 25.3 Å². The van der Waals surface area contributed by atoms with E-state index in [1.807, 2.05) is 22.9 Å². The second-order valence-electron chi connectivity index (χ2n) is 4.61. The molecule has 0 amide bonds. The number of aromatic nitrogens is 2. The Morgan fingerprint density at radius 1 is 1.25 bits per heavy atom. The van der Waals surface area contributed by atoms with Crippen LogP contribution in [0.25, 0.3) is 0 Å². The molecule has 1 heterocycles. The molecular weight excluding hydrogens is 359 g/mol. The maximum atomic E-state index is 6.29. The fraction of sp³-hybridized carbons (Fsp3) is 0.400. The van der Waals surface area contributed by atoms with Crippen LogP contribution < -0.4 is 0 Å². The first-order valence-electron chi connectivity index (χ1n) is 6.68. The third kappa shape index (κ3) is 3.21. The fourth-order valence-electron chi connectivity index (χ4n) is 2.37. The predicted octanol–water partition coefficient (Wildman–Crippen LogP) is 5.21. The van der Waals surface area contributed by atoms with Crippen molar-refractivity contribution in [3.05, 3.63) is 50.2 Å². The molecule has 20 heavy (non-hydrogen) atoms. The maximum Gasteiger partial charge on any atom is 0.0677 e. The summed E-state index contributed by atoms with van der Waals surface area (Å²) in [5.74, 6) is 0.514. The van der Waals surface area contributed by atoms with Crippen LogP contribution in [0.3, 0.4) is 0 Å². The van der Waals surface area contributed by atoms with E-state index in [4.69, 9.17) is 28.3 Å². The Labute approximate surface area is 138 Å². The molecule has 2 rings (SSSR count). The van der Waals surface area contributed by atoms with Crippen molar-refractivity contribution in [3.8, 4) is 0 Å². The average Bonchev–Trinajstić information content (AvgIpc) is 2.78. The molecule has 0 bridgehead atoms. The Balaban J connectivity index is 2.40. The number of hydrogen-bond acceptors (Lipinski definition) is 1. The van der Waals surface area contributed by atoms with Crippen molar-refractivity contribution < 1.29 is 0 Å². The van der Waals surface area contributed by atoms with E-state index >= 15 is 0 Å². The van der Waals surface area contributed by atoms with Crippen molar-refractivity contribution in [2.75, 3.05) is 0 Å². The SMILES string of the molecule is CCc1nn(Cc2ccc(Br)cc2Cl)c(CC)c1CCl. The van der Waals surface area contributed by atoms with Crippen molar-refractivity contribution in [1.29, 1.82) is 0 Å². The number of aryl methyl sites for hydroxylation is 1. The van der Waals surface area contributed by atoms with Gasteiger partial charge >= 0.3 is 0 Å². The number of benzene rings is 1. The van der Waals surface area contributed by atoms with Crippen LogP contribution in [0, 0.1) is 0 Å². The van der Waals surface area contributed by atoms with Crippen LogP contribution >= 0.6 is 39.1 Å². The van der Waals surface area contributed by atoms with Crippen molar-refractivity contribution >= 4 is 39.1 Å². The molecule has 0 atom stereocenters. The second kappa shape index (κ2) is 6.97. The largest absolute Gasteiger partial charge is 0.265 e. The molecule has 0 unspecified atom stereocenters. The van der Waals surface area contributed by atoms with Crippen LogP contribution in [0.15, 0.2) is 22.7 Å². The Bertz CT molecular complexity index is 608. The highest BCUT2D eigenvalue weighted by Crippen LogP contribution is 2.24. The van der Waals surface area contributed by atoms with E-state index in [2.05, 4.69) is 29.8 Å². The van der Waals surface area contributed by atoms with E-state index in [0.29, 0.717) is 12.4 Å². The molecule has 0 aliphatic carbocycles. The zero-order valence-corrected chi connectivity index (χ0v) is 14.7. The zero-order valence-electron chi connectivity index (χ0n) is 11.6. The first-order chi connectivity index (χ1) is 9.60. The van der Waals surface area contributed by atoms with Crippen LogP contribution in [0.2, 0.25) is 5.02 Å². The summed E-state index contributed by atoms with van der Waals surface area (Å²) >= 11 is 15.8. The lowest BCUT2D eigenvalue weighted by molar-refractivity contribution is 0.640. The summed E-state index contributed by atoms with van der Waals surface area (Å²) in [6, 6.07) is 5.94. The Hall–Kier alpha value is -0.510. The third-order valence-corrected chi connectivity index (χ3v) is 4.50. The lowest BCUT2D eigenvalue weighted by atomic mass is 10.1. The van der Waals surface area contributed by atoms with Gasteiger partial charge in [0.05, 0.1) is 18.1 Å². The summed E-state index contributed by atoms with van der Waals surface area (Å²) < 4.78 is 3.02. The summed E-state index contributed by atoms with van der Waals surface area (Å²) in [6.45, 7) is 4.92. The highest BCUT2D eigenvalue weighted by atomic mass is 79.9. The standard InChI is InChI=1S/C15H17BrCl2N2/c1-3-14-12(8-17)15(4-2)20(19-14)9-10-5-6-11(16)7-13(10)18/h5-7H,3-4,8-9H2,1-2H3. The molecule has 0 aliphatic heterocycles. The quantitative estimate of drug-likeness (QED) is 0.655. The minimum atomic E-state index is 0.514. The lowest BCUT2D eigenvalue weighted by Crippen LogP contribution is -2.07. The normalized spacial score (nSPS) is 11.1. The Kier molecular flexibility index (Phi) is 5.53. The number of nitrogens with zero attached hydrogens (tertiary/aromatic N) is 2. The third-order valence-electron chi connectivity index (χ3n) is 3.39. The molecule has 108 valence electrons. The van der Waals surface area contributed by atoms with E-state index < -0.39 is 0 Å². The number of halogens is 3. The van der Waals surface area contributed by atoms with Crippen molar-refractivity contribution in [3.63, 3.8) is 0 Å². The highest BCUT2D eigenvalue weighted by Gasteiger charge is 2.15. The van der Waals surface area contributed by atoms with Crippen molar-refractivity contribution in [1.82, 2.24) is 9.78 Å². The van der Waals surface area contributed by atoms with Crippen molar-refractivity contribution in [2.45, 2.75) is 39.1 Å². The van der Waals surface area contributed by atoms with Crippen LogP contribution in [0.1, 0.15) is 36.4 Å². The molecule has 5 heteroatoms. The molecule has 0 aliphatic rings. The molecule has 2 aromatic rings. The second-order valence-corrected chi connectivity index (χ2v) is 6.20. The van der Waals surface area contributed by atoms with Gasteiger partial charge in [0.15, 0.2) is 0 Å². The van der Waals surface area contributed by atoms with Gasteiger partial charge in [-0.05, 0) is 30.5 Å². The molecular formula is C15H17BrCl2N2. The molecule has 0 radical (unpaired) electrons. The summed E-state index contributed by atoms with van der Waals surface area (Å²) in [5.41, 5.74) is 4.53. The summed E-state index contributed by atoms with van der Waals surface area (Å²) in [6.07, 6.45) is 1.82. The van der Waals surface area contributed by atoms with Crippen LogP contribution in [-0.4, -0.2) is 9.78 Å². The Morgan fingerprint density at radius 2 is 2.00 bits per heavy atom. The van der Waals surface area contributed by atoms with Gasteiger partial charge in [-0.25, -0.2) is 0 Å². The van der Waals surface area contributed by atoms with E-state index in [9.17, 15) is 0 Å². The van der Waals surface area contributed by atoms with Crippen LogP contribution in [0.5, 0.6) is 0 Å². The zero-order chi connectivity index (χ0) is 14.7. The predicted molar refractivity (Wildman–Crippen MR) is 88.8 cm³/mol. The molecule has 0 fully saturated rings. The van der Waals surface area contributed by atoms with Gasteiger partial charge in [0, 0.05) is 20.8 Å². The van der Waals surface area contributed by atoms with E-state index in [0.717, 1.165) is 33.6 Å². The first kappa shape index (κ1) is 15.9. The van der Waals surface area contributed by atoms with Gasteiger partial charge in [0.2, 0.25) is 0 Å². The highest BCUT2D eigenvalue weighted by molar-refractivity contribution is 9.10. The van der Waals surface area contributed by atoms with Gasteiger partial charge < -0.3 is 0 Å². The smallest absolute Gasteiger partial charge is 0.0677 e.